The SMILES string of the molecule is COc1ccc([C@@H](NC(=O)c2ccc(-c3ccco3)[nH]c2=O)C2CC2)cc1. The first-order valence-corrected chi connectivity index (χ1v) is 8.88. The van der Waals surface area contributed by atoms with Crippen LogP contribution in [0.2, 0.25) is 0 Å². The molecule has 27 heavy (non-hydrogen) atoms. The number of ether oxygens (including phenoxy) is 1. The maximum absolute atomic E-state index is 12.7. The summed E-state index contributed by atoms with van der Waals surface area (Å²) in [6.07, 6.45) is 3.65. The molecule has 0 unspecified atom stereocenters. The molecule has 2 N–H and O–H groups in total. The monoisotopic (exact) mass is 364 g/mol. The van der Waals surface area contributed by atoms with Crippen molar-refractivity contribution in [1.82, 2.24) is 10.3 Å². The summed E-state index contributed by atoms with van der Waals surface area (Å²) >= 11 is 0. The first-order chi connectivity index (χ1) is 13.2. The van der Waals surface area contributed by atoms with Crippen LogP contribution in [-0.4, -0.2) is 18.0 Å². The molecule has 1 amide bonds. The van der Waals surface area contributed by atoms with E-state index in [1.165, 1.54) is 12.3 Å². The summed E-state index contributed by atoms with van der Waals surface area (Å²) in [5, 5.41) is 3.02. The Bertz CT molecular complexity index is 986. The van der Waals surface area contributed by atoms with Crippen molar-refractivity contribution in [3.05, 3.63) is 76.3 Å². The summed E-state index contributed by atoms with van der Waals surface area (Å²) in [5.41, 5.74) is 1.20. The van der Waals surface area contributed by atoms with Crippen LogP contribution in [-0.2, 0) is 0 Å². The number of carbonyl (C=O) groups excluding carboxylic acids is 1. The van der Waals surface area contributed by atoms with Gasteiger partial charge in [0.15, 0.2) is 0 Å². The number of amides is 1. The minimum Gasteiger partial charge on any atom is -0.497 e. The van der Waals surface area contributed by atoms with Crippen LogP contribution in [0.4, 0.5) is 0 Å². The van der Waals surface area contributed by atoms with Crippen LogP contribution in [0.3, 0.4) is 0 Å². The fourth-order valence-electron chi connectivity index (χ4n) is 3.16. The summed E-state index contributed by atoms with van der Waals surface area (Å²) in [7, 11) is 1.62. The molecule has 1 saturated carbocycles. The second kappa shape index (κ2) is 7.15. The average Bonchev–Trinajstić information content (AvgIpc) is 3.38. The summed E-state index contributed by atoms with van der Waals surface area (Å²) < 4.78 is 10.5. The number of furan rings is 1. The minimum atomic E-state index is -0.439. The van der Waals surface area contributed by atoms with Crippen LogP contribution in [0, 0.1) is 5.92 Å². The molecule has 138 valence electrons. The lowest BCUT2D eigenvalue weighted by Gasteiger charge is -2.19. The number of H-pyrrole nitrogens is 1. The number of aromatic amines is 1. The molecule has 0 spiro atoms. The number of methoxy groups -OCH3 is 1. The molecule has 6 nitrogen and oxygen atoms in total. The molecule has 1 aliphatic rings. The summed E-state index contributed by atoms with van der Waals surface area (Å²) in [4.78, 5) is 27.8. The number of rotatable bonds is 6. The third-order valence-corrected chi connectivity index (χ3v) is 4.80. The Kier molecular flexibility index (Phi) is 4.54. The Morgan fingerprint density at radius 2 is 1.96 bits per heavy atom. The zero-order valence-electron chi connectivity index (χ0n) is 14.9. The number of benzene rings is 1. The van der Waals surface area contributed by atoms with Crippen molar-refractivity contribution < 1.29 is 13.9 Å². The van der Waals surface area contributed by atoms with E-state index in [0.717, 1.165) is 24.2 Å². The van der Waals surface area contributed by atoms with E-state index in [1.54, 1.807) is 25.3 Å². The van der Waals surface area contributed by atoms with Crippen LogP contribution in [0.15, 0.2) is 64.0 Å². The zero-order valence-corrected chi connectivity index (χ0v) is 14.9. The van der Waals surface area contributed by atoms with E-state index in [-0.39, 0.29) is 17.5 Å². The van der Waals surface area contributed by atoms with E-state index in [0.29, 0.717) is 17.4 Å². The predicted octanol–water partition coefficient (Wildman–Crippen LogP) is 3.52. The Hall–Kier alpha value is -3.28. The molecule has 1 aliphatic carbocycles. The van der Waals surface area contributed by atoms with Gasteiger partial charge in [0, 0.05) is 0 Å². The van der Waals surface area contributed by atoms with E-state index in [4.69, 9.17) is 9.15 Å². The smallest absolute Gasteiger partial charge is 0.261 e. The standard InChI is InChI=1S/C21H20N2O4/c1-26-15-8-6-14(7-9-15)19(13-4-5-13)23-21(25)16-10-11-17(22-20(16)24)18-3-2-12-27-18/h2-3,6-13,19H,4-5H2,1H3,(H,22,24)(H,23,25)/t19-/m0/s1. The molecule has 0 radical (unpaired) electrons. The van der Waals surface area contributed by atoms with Crippen molar-refractivity contribution in [2.45, 2.75) is 18.9 Å². The van der Waals surface area contributed by atoms with Crippen LogP contribution in [0.25, 0.3) is 11.5 Å². The van der Waals surface area contributed by atoms with E-state index < -0.39 is 5.56 Å². The van der Waals surface area contributed by atoms with Gasteiger partial charge in [-0.05, 0) is 60.7 Å². The van der Waals surface area contributed by atoms with Gasteiger partial charge in [-0.15, -0.1) is 0 Å². The molecule has 2 aromatic heterocycles. The molecule has 0 saturated heterocycles. The van der Waals surface area contributed by atoms with Crippen molar-refractivity contribution in [2.75, 3.05) is 7.11 Å². The Labute approximate surface area is 156 Å². The van der Waals surface area contributed by atoms with Crippen LogP contribution in [0.5, 0.6) is 5.75 Å². The molecule has 1 aromatic carbocycles. The highest BCUT2D eigenvalue weighted by atomic mass is 16.5. The van der Waals surface area contributed by atoms with Crippen molar-refractivity contribution in [3.8, 4) is 17.2 Å². The summed E-state index contributed by atoms with van der Waals surface area (Å²) in [6.45, 7) is 0. The number of nitrogens with one attached hydrogen (secondary N) is 2. The Morgan fingerprint density at radius 3 is 2.56 bits per heavy atom. The molecule has 1 fully saturated rings. The van der Waals surface area contributed by atoms with Crippen molar-refractivity contribution in [2.24, 2.45) is 5.92 Å². The van der Waals surface area contributed by atoms with Gasteiger partial charge in [-0.25, -0.2) is 0 Å². The van der Waals surface area contributed by atoms with Crippen LogP contribution >= 0.6 is 0 Å². The highest BCUT2D eigenvalue weighted by Crippen LogP contribution is 2.41. The van der Waals surface area contributed by atoms with Crippen LogP contribution in [0.1, 0.15) is 34.8 Å². The molecule has 0 aliphatic heterocycles. The topological polar surface area (TPSA) is 84.3 Å². The van der Waals surface area contributed by atoms with Gasteiger partial charge in [-0.2, -0.15) is 0 Å². The quantitative estimate of drug-likeness (QED) is 0.701. The molecule has 3 aromatic rings. The number of aromatic nitrogens is 1. The van der Waals surface area contributed by atoms with E-state index in [1.807, 2.05) is 24.3 Å². The summed E-state index contributed by atoms with van der Waals surface area (Å²) in [5.74, 6) is 1.33. The van der Waals surface area contributed by atoms with Gasteiger partial charge in [-0.1, -0.05) is 12.1 Å². The minimum absolute atomic E-state index is 0.0875. The lowest BCUT2D eigenvalue weighted by atomic mass is 10.0. The van der Waals surface area contributed by atoms with Gasteiger partial charge in [0.2, 0.25) is 0 Å². The molecule has 1 atom stereocenters. The fourth-order valence-corrected chi connectivity index (χ4v) is 3.16. The maximum Gasteiger partial charge on any atom is 0.261 e. The Balaban J connectivity index is 1.55. The van der Waals surface area contributed by atoms with Gasteiger partial charge in [0.25, 0.3) is 11.5 Å². The highest BCUT2D eigenvalue weighted by molar-refractivity contribution is 5.94. The normalized spacial score (nSPS) is 14.6. The molecule has 4 rings (SSSR count). The van der Waals surface area contributed by atoms with Gasteiger partial charge < -0.3 is 19.5 Å². The first kappa shape index (κ1) is 17.1. The number of hydrogen-bond acceptors (Lipinski definition) is 4. The molecule has 6 heteroatoms. The first-order valence-electron chi connectivity index (χ1n) is 8.88. The van der Waals surface area contributed by atoms with Crippen molar-refractivity contribution >= 4 is 5.91 Å². The van der Waals surface area contributed by atoms with Crippen molar-refractivity contribution in [3.63, 3.8) is 0 Å². The second-order valence-electron chi connectivity index (χ2n) is 6.65. The average molecular weight is 364 g/mol. The molecular weight excluding hydrogens is 344 g/mol. The lowest BCUT2D eigenvalue weighted by molar-refractivity contribution is 0.0930. The lowest BCUT2D eigenvalue weighted by Crippen LogP contribution is -2.33. The third-order valence-electron chi connectivity index (χ3n) is 4.80. The number of hydrogen-bond donors (Lipinski definition) is 2. The van der Waals surface area contributed by atoms with Gasteiger partial charge >= 0.3 is 0 Å². The van der Waals surface area contributed by atoms with Gasteiger partial charge in [0.05, 0.1) is 25.1 Å². The largest absolute Gasteiger partial charge is 0.497 e. The molecule has 0 bridgehead atoms. The summed E-state index contributed by atoms with van der Waals surface area (Å²) in [6, 6.07) is 14.2. The molecule has 2 heterocycles. The van der Waals surface area contributed by atoms with Crippen LogP contribution < -0.4 is 15.6 Å². The fraction of sp³-hybridized carbons (Fsp3) is 0.238. The second-order valence-corrected chi connectivity index (χ2v) is 6.65. The van der Waals surface area contributed by atoms with Gasteiger partial charge in [-0.3, -0.25) is 9.59 Å². The maximum atomic E-state index is 12.7. The van der Waals surface area contributed by atoms with Gasteiger partial charge in [0.1, 0.15) is 17.1 Å². The number of pyridine rings is 1. The third kappa shape index (κ3) is 3.65. The zero-order chi connectivity index (χ0) is 18.8. The van der Waals surface area contributed by atoms with E-state index in [9.17, 15) is 9.59 Å². The highest BCUT2D eigenvalue weighted by Gasteiger charge is 2.34. The van der Waals surface area contributed by atoms with E-state index in [2.05, 4.69) is 10.3 Å². The van der Waals surface area contributed by atoms with Crippen molar-refractivity contribution in [1.29, 1.82) is 0 Å². The van der Waals surface area contributed by atoms with E-state index >= 15 is 0 Å². The predicted molar refractivity (Wildman–Crippen MR) is 101 cm³/mol. The Morgan fingerprint density at radius 1 is 1.19 bits per heavy atom. The number of carbonyl (C=O) groups is 1. The molecular formula is C21H20N2O4.